The van der Waals surface area contributed by atoms with Gasteiger partial charge in [0.1, 0.15) is 11.5 Å². The maximum absolute atomic E-state index is 15.0. The van der Waals surface area contributed by atoms with Crippen molar-refractivity contribution in [1.82, 2.24) is 25.2 Å². The molecule has 190 valence electrons. The number of H-pyrrole nitrogens is 1. The minimum atomic E-state index is -0.856. The van der Waals surface area contributed by atoms with Crippen molar-refractivity contribution in [1.29, 1.82) is 0 Å². The number of nitrogens with zero attached hydrogens (tertiary/aromatic N) is 3. The summed E-state index contributed by atoms with van der Waals surface area (Å²) in [6.45, 7) is 2.15. The molecule has 1 aliphatic heterocycles. The standard InChI is InChI=1S/C24H27F2N7O3/c25-13-8-16-18(12-29-22(16)28-11-13)20-17(21(27)34)10-19(26)23(32-20)30-14-2-1-3-15(9-14)31-24(35)33-4-6-36-7-5-33/h8,10-12,14-15H,1-7,9H2,(H2,27,34)(H,28,29)(H,30,32)(H,31,35)/t14-,15+/m1/s1. The monoisotopic (exact) mass is 499 g/mol. The molecule has 5 rings (SSSR count). The fourth-order valence-corrected chi connectivity index (χ4v) is 4.83. The summed E-state index contributed by atoms with van der Waals surface area (Å²) in [6.07, 6.45) is 5.62. The number of urea groups is 1. The average molecular weight is 500 g/mol. The van der Waals surface area contributed by atoms with Gasteiger partial charge >= 0.3 is 6.03 Å². The zero-order valence-electron chi connectivity index (χ0n) is 19.5. The summed E-state index contributed by atoms with van der Waals surface area (Å²) in [7, 11) is 0. The van der Waals surface area contributed by atoms with Gasteiger partial charge in [0.15, 0.2) is 11.6 Å². The molecule has 2 aliphatic rings. The van der Waals surface area contributed by atoms with Crippen LogP contribution >= 0.6 is 0 Å². The normalized spacial score (nSPS) is 20.3. The lowest BCUT2D eigenvalue weighted by molar-refractivity contribution is 0.0521. The fourth-order valence-electron chi connectivity index (χ4n) is 4.83. The number of carbonyl (C=O) groups excluding carboxylic acids is 2. The third-order valence-corrected chi connectivity index (χ3v) is 6.64. The van der Waals surface area contributed by atoms with Gasteiger partial charge in [-0.25, -0.2) is 23.5 Å². The number of rotatable bonds is 5. The largest absolute Gasteiger partial charge is 0.378 e. The van der Waals surface area contributed by atoms with E-state index in [9.17, 15) is 14.0 Å². The van der Waals surface area contributed by atoms with Gasteiger partial charge in [-0.05, 0) is 37.8 Å². The van der Waals surface area contributed by atoms with Crippen molar-refractivity contribution < 1.29 is 23.1 Å². The Hall–Kier alpha value is -3.80. The number of carbonyl (C=O) groups is 2. The number of fused-ring (bicyclic) bond motifs is 1. The number of ether oxygens (including phenoxy) is 1. The molecule has 36 heavy (non-hydrogen) atoms. The highest BCUT2D eigenvalue weighted by molar-refractivity contribution is 6.03. The molecule has 3 amide bonds. The first-order valence-corrected chi connectivity index (χ1v) is 11.9. The van der Waals surface area contributed by atoms with Crippen LogP contribution in [-0.4, -0.2) is 70.2 Å². The van der Waals surface area contributed by atoms with Crippen molar-refractivity contribution in [2.24, 2.45) is 5.73 Å². The van der Waals surface area contributed by atoms with E-state index in [1.54, 1.807) is 4.90 Å². The maximum atomic E-state index is 15.0. The van der Waals surface area contributed by atoms with Crippen LogP contribution in [0.3, 0.4) is 0 Å². The molecule has 0 spiro atoms. The molecule has 4 heterocycles. The van der Waals surface area contributed by atoms with Crippen LogP contribution in [-0.2, 0) is 4.74 Å². The quantitative estimate of drug-likeness (QED) is 0.426. The molecule has 2 fully saturated rings. The van der Waals surface area contributed by atoms with E-state index in [1.165, 1.54) is 12.3 Å². The molecule has 12 heteroatoms. The van der Waals surface area contributed by atoms with Crippen molar-refractivity contribution in [3.05, 3.63) is 41.7 Å². The summed E-state index contributed by atoms with van der Waals surface area (Å²) in [6, 6.07) is 1.97. The number of hydrogen-bond donors (Lipinski definition) is 4. The van der Waals surface area contributed by atoms with Crippen LogP contribution in [0.25, 0.3) is 22.3 Å². The maximum Gasteiger partial charge on any atom is 0.317 e. The van der Waals surface area contributed by atoms with E-state index in [2.05, 4.69) is 25.6 Å². The molecular weight excluding hydrogens is 472 g/mol. The second kappa shape index (κ2) is 10.1. The zero-order chi connectivity index (χ0) is 25.2. The highest BCUT2D eigenvalue weighted by Gasteiger charge is 2.27. The molecule has 1 aliphatic carbocycles. The number of halogens is 2. The molecule has 1 saturated carbocycles. The number of aromatic amines is 1. The van der Waals surface area contributed by atoms with Crippen molar-refractivity contribution in [2.45, 2.75) is 37.8 Å². The highest BCUT2D eigenvalue weighted by atomic mass is 19.1. The Balaban J connectivity index is 1.37. The van der Waals surface area contributed by atoms with Gasteiger partial charge in [-0.15, -0.1) is 0 Å². The first-order valence-electron chi connectivity index (χ1n) is 11.9. The molecule has 0 radical (unpaired) electrons. The Morgan fingerprint density at radius 1 is 1.17 bits per heavy atom. The molecule has 0 unspecified atom stereocenters. The van der Waals surface area contributed by atoms with Crippen molar-refractivity contribution >= 4 is 28.8 Å². The lowest BCUT2D eigenvalue weighted by Gasteiger charge is -2.33. The molecule has 0 aromatic carbocycles. The Labute approximate surface area is 205 Å². The Bertz CT molecular complexity index is 1290. The van der Waals surface area contributed by atoms with Gasteiger partial charge in [0.05, 0.1) is 30.7 Å². The van der Waals surface area contributed by atoms with Crippen LogP contribution in [0, 0.1) is 11.6 Å². The second-order valence-corrected chi connectivity index (χ2v) is 9.08. The molecule has 10 nitrogen and oxygen atoms in total. The number of nitrogens with two attached hydrogens (primary N) is 1. The summed E-state index contributed by atoms with van der Waals surface area (Å²) in [5, 5.41) is 6.60. The van der Waals surface area contributed by atoms with Crippen LogP contribution in [0.5, 0.6) is 0 Å². The number of anilines is 1. The lowest BCUT2D eigenvalue weighted by atomic mass is 9.91. The van der Waals surface area contributed by atoms with Crippen LogP contribution in [0.2, 0.25) is 0 Å². The highest BCUT2D eigenvalue weighted by Crippen LogP contribution is 2.32. The first kappa shape index (κ1) is 23.9. The Morgan fingerprint density at radius 3 is 2.72 bits per heavy atom. The Morgan fingerprint density at radius 2 is 1.94 bits per heavy atom. The molecule has 1 saturated heterocycles. The van der Waals surface area contributed by atoms with Crippen LogP contribution < -0.4 is 16.4 Å². The summed E-state index contributed by atoms with van der Waals surface area (Å²) in [5.74, 6) is -2.18. The topological polar surface area (TPSA) is 138 Å². The zero-order valence-corrected chi connectivity index (χ0v) is 19.5. The Kier molecular flexibility index (Phi) is 6.68. The van der Waals surface area contributed by atoms with Crippen molar-refractivity contribution in [2.75, 3.05) is 31.6 Å². The van der Waals surface area contributed by atoms with Gasteiger partial charge in [-0.2, -0.15) is 0 Å². The first-order chi connectivity index (χ1) is 17.4. The van der Waals surface area contributed by atoms with E-state index in [0.717, 1.165) is 31.5 Å². The molecule has 5 N–H and O–H groups in total. The van der Waals surface area contributed by atoms with Crippen LogP contribution in [0.1, 0.15) is 36.0 Å². The average Bonchev–Trinajstić information content (AvgIpc) is 3.28. The SMILES string of the molecule is NC(=O)c1cc(F)c(N[C@@H]2CCC[C@H](NC(=O)N3CCOCC3)C2)nc1-c1c[nH]c2ncc(F)cc12. The van der Waals surface area contributed by atoms with Gasteiger partial charge in [-0.3, -0.25) is 4.79 Å². The summed E-state index contributed by atoms with van der Waals surface area (Å²) in [5.41, 5.74) is 6.29. The number of amides is 3. The van der Waals surface area contributed by atoms with E-state index in [4.69, 9.17) is 10.5 Å². The van der Waals surface area contributed by atoms with E-state index in [0.29, 0.717) is 49.3 Å². The van der Waals surface area contributed by atoms with Crippen molar-refractivity contribution in [3.63, 3.8) is 0 Å². The van der Waals surface area contributed by atoms with E-state index in [1.807, 2.05) is 0 Å². The van der Waals surface area contributed by atoms with Gasteiger partial charge in [0.25, 0.3) is 5.91 Å². The molecule has 0 bridgehead atoms. The third-order valence-electron chi connectivity index (χ3n) is 6.64. The minimum Gasteiger partial charge on any atom is -0.378 e. The number of primary amides is 1. The van der Waals surface area contributed by atoms with Gasteiger partial charge in [0.2, 0.25) is 0 Å². The number of aromatic nitrogens is 3. The van der Waals surface area contributed by atoms with E-state index < -0.39 is 17.5 Å². The predicted octanol–water partition coefficient (Wildman–Crippen LogP) is 2.77. The van der Waals surface area contributed by atoms with Crippen LogP contribution in [0.4, 0.5) is 19.4 Å². The predicted molar refractivity (Wildman–Crippen MR) is 128 cm³/mol. The van der Waals surface area contributed by atoms with Gasteiger partial charge in [0, 0.05) is 42.3 Å². The molecule has 3 aromatic rings. The molecule has 2 atom stereocenters. The number of nitrogens with one attached hydrogen (secondary N) is 3. The van der Waals surface area contributed by atoms with Gasteiger partial charge in [-0.1, -0.05) is 0 Å². The number of pyridine rings is 2. The summed E-state index contributed by atoms with van der Waals surface area (Å²) < 4.78 is 34.2. The fraction of sp³-hybridized carbons (Fsp3) is 0.417. The molecular formula is C24H27F2N7O3. The van der Waals surface area contributed by atoms with E-state index >= 15 is 4.39 Å². The summed E-state index contributed by atoms with van der Waals surface area (Å²) >= 11 is 0. The molecule has 3 aromatic heterocycles. The van der Waals surface area contributed by atoms with Gasteiger partial charge < -0.3 is 31.0 Å². The summed E-state index contributed by atoms with van der Waals surface area (Å²) in [4.78, 5) is 37.7. The van der Waals surface area contributed by atoms with E-state index in [-0.39, 0.29) is 35.2 Å². The smallest absolute Gasteiger partial charge is 0.317 e. The number of morpholine rings is 1. The minimum absolute atomic E-state index is 0.0427. The lowest BCUT2D eigenvalue weighted by Crippen LogP contribution is -2.51. The van der Waals surface area contributed by atoms with Crippen molar-refractivity contribution in [3.8, 4) is 11.3 Å². The second-order valence-electron chi connectivity index (χ2n) is 9.08. The number of hydrogen-bond acceptors (Lipinski definition) is 6. The third kappa shape index (κ3) is 4.94. The van der Waals surface area contributed by atoms with Crippen LogP contribution in [0.15, 0.2) is 24.5 Å².